The van der Waals surface area contributed by atoms with Gasteiger partial charge < -0.3 is 9.55 Å². The molecule has 0 bridgehead atoms. The van der Waals surface area contributed by atoms with Crippen LogP contribution in [0.15, 0.2) is 85.5 Å². The van der Waals surface area contributed by atoms with Crippen molar-refractivity contribution in [2.24, 2.45) is 0 Å². The van der Waals surface area contributed by atoms with Gasteiger partial charge in [0.2, 0.25) is 0 Å². The average Bonchev–Trinajstić information content (AvgIpc) is 3.38. The minimum absolute atomic E-state index is 0.671. The predicted molar refractivity (Wildman–Crippen MR) is 102 cm³/mol. The molecule has 0 aliphatic rings. The van der Waals surface area contributed by atoms with E-state index in [9.17, 15) is 0 Å². The highest BCUT2D eigenvalue weighted by Crippen LogP contribution is 2.28. The van der Waals surface area contributed by atoms with Crippen LogP contribution < -0.4 is 0 Å². The third kappa shape index (κ3) is 2.46. The molecule has 0 saturated carbocycles. The first-order valence-electron chi connectivity index (χ1n) is 8.38. The fourth-order valence-corrected chi connectivity index (χ4v) is 3.07. The highest BCUT2D eigenvalue weighted by Gasteiger charge is 2.14. The predicted octanol–water partition coefficient (Wildman–Crippen LogP) is 4.48. The third-order valence-electron chi connectivity index (χ3n) is 4.34. The Morgan fingerprint density at radius 3 is 2.31 bits per heavy atom. The summed E-state index contributed by atoms with van der Waals surface area (Å²) in [5.74, 6) is 1.52. The maximum absolute atomic E-state index is 4.82. The minimum atomic E-state index is 0.671. The Labute approximate surface area is 150 Å². The summed E-state index contributed by atoms with van der Waals surface area (Å²) in [5.41, 5.74) is 3.89. The molecular formula is C21H15N5. The molecule has 0 aliphatic heterocycles. The fraction of sp³-hybridized carbons (Fsp3) is 0. The lowest BCUT2D eigenvalue weighted by atomic mass is 10.1. The van der Waals surface area contributed by atoms with Gasteiger partial charge >= 0.3 is 0 Å². The highest BCUT2D eigenvalue weighted by molar-refractivity contribution is 5.90. The zero-order valence-corrected chi connectivity index (χ0v) is 13.9. The first-order chi connectivity index (χ1) is 12.9. The zero-order chi connectivity index (χ0) is 17.3. The van der Waals surface area contributed by atoms with Crippen LogP contribution >= 0.6 is 0 Å². The van der Waals surface area contributed by atoms with Crippen molar-refractivity contribution in [2.45, 2.75) is 0 Å². The molecule has 0 radical (unpaired) electrons. The van der Waals surface area contributed by atoms with Gasteiger partial charge in [-0.1, -0.05) is 30.3 Å². The van der Waals surface area contributed by atoms with Gasteiger partial charge in [-0.3, -0.25) is 4.98 Å². The second kappa shape index (κ2) is 5.97. The van der Waals surface area contributed by atoms with Gasteiger partial charge in [0, 0.05) is 36.0 Å². The monoisotopic (exact) mass is 337 g/mol. The maximum atomic E-state index is 4.82. The summed E-state index contributed by atoms with van der Waals surface area (Å²) in [6.07, 6.45) is 7.49. The van der Waals surface area contributed by atoms with Crippen molar-refractivity contribution in [2.75, 3.05) is 0 Å². The van der Waals surface area contributed by atoms with Crippen LogP contribution in [-0.4, -0.2) is 24.5 Å². The number of nitrogens with one attached hydrogen (secondary N) is 1. The van der Waals surface area contributed by atoms with E-state index in [-0.39, 0.29) is 0 Å². The van der Waals surface area contributed by atoms with Crippen LogP contribution in [0, 0.1) is 0 Å². The van der Waals surface area contributed by atoms with Crippen LogP contribution in [0.4, 0.5) is 0 Å². The molecule has 26 heavy (non-hydrogen) atoms. The Morgan fingerprint density at radius 2 is 1.54 bits per heavy atom. The molecule has 5 nitrogen and oxygen atoms in total. The Morgan fingerprint density at radius 1 is 0.769 bits per heavy atom. The zero-order valence-electron chi connectivity index (χ0n) is 13.9. The highest BCUT2D eigenvalue weighted by atomic mass is 15.1. The SMILES string of the molecule is c1ccc(-c2cc3c(-n4cccc4)nc(-c4ccncc4)nc3[nH]2)cc1. The molecule has 5 rings (SSSR count). The van der Waals surface area contributed by atoms with Crippen molar-refractivity contribution in [3.63, 3.8) is 0 Å². The smallest absolute Gasteiger partial charge is 0.164 e. The Kier molecular flexibility index (Phi) is 3.35. The van der Waals surface area contributed by atoms with E-state index in [1.165, 1.54) is 0 Å². The second-order valence-corrected chi connectivity index (χ2v) is 6.01. The molecular weight excluding hydrogens is 322 g/mol. The fourth-order valence-electron chi connectivity index (χ4n) is 3.07. The Hall–Kier alpha value is -3.73. The standard InChI is InChI=1S/C21H15N5/c1-2-6-15(7-3-1)18-14-17-20(23-18)24-19(16-8-10-22-11-9-16)25-21(17)26-12-4-5-13-26/h1-14H,(H,23,24,25). The molecule has 4 aromatic heterocycles. The minimum Gasteiger partial charge on any atom is -0.339 e. The molecule has 124 valence electrons. The normalized spacial score (nSPS) is 11.1. The van der Waals surface area contributed by atoms with Crippen LogP contribution in [0.2, 0.25) is 0 Å². The van der Waals surface area contributed by atoms with E-state index in [0.717, 1.165) is 33.7 Å². The van der Waals surface area contributed by atoms with Gasteiger partial charge in [0.05, 0.1) is 5.39 Å². The quantitative estimate of drug-likeness (QED) is 0.528. The number of hydrogen-bond acceptors (Lipinski definition) is 3. The number of aromatic nitrogens is 5. The van der Waals surface area contributed by atoms with Crippen LogP contribution in [-0.2, 0) is 0 Å². The molecule has 0 fully saturated rings. The number of H-pyrrole nitrogens is 1. The van der Waals surface area contributed by atoms with Crippen molar-refractivity contribution in [1.29, 1.82) is 0 Å². The molecule has 0 spiro atoms. The molecule has 5 heteroatoms. The third-order valence-corrected chi connectivity index (χ3v) is 4.34. The van der Waals surface area contributed by atoms with Gasteiger partial charge in [-0.25, -0.2) is 9.97 Å². The summed E-state index contributed by atoms with van der Waals surface area (Å²) in [4.78, 5) is 17.1. The molecule has 0 saturated heterocycles. The summed E-state index contributed by atoms with van der Waals surface area (Å²) < 4.78 is 2.01. The van der Waals surface area contributed by atoms with E-state index in [0.29, 0.717) is 5.82 Å². The van der Waals surface area contributed by atoms with Crippen molar-refractivity contribution in [3.05, 3.63) is 85.5 Å². The van der Waals surface area contributed by atoms with Gasteiger partial charge in [0.15, 0.2) is 5.82 Å². The van der Waals surface area contributed by atoms with Gasteiger partial charge in [0.1, 0.15) is 11.5 Å². The maximum Gasteiger partial charge on any atom is 0.164 e. The second-order valence-electron chi connectivity index (χ2n) is 6.01. The van der Waals surface area contributed by atoms with E-state index in [2.05, 4.69) is 28.2 Å². The number of benzene rings is 1. The lowest BCUT2D eigenvalue weighted by Crippen LogP contribution is -1.99. The van der Waals surface area contributed by atoms with Crippen molar-refractivity contribution in [1.82, 2.24) is 24.5 Å². The van der Waals surface area contributed by atoms with E-state index in [1.54, 1.807) is 12.4 Å². The molecule has 1 aromatic carbocycles. The van der Waals surface area contributed by atoms with Crippen molar-refractivity contribution >= 4 is 11.0 Å². The summed E-state index contributed by atoms with van der Waals surface area (Å²) in [5, 5.41) is 0.984. The summed E-state index contributed by atoms with van der Waals surface area (Å²) in [6.45, 7) is 0. The lowest BCUT2D eigenvalue weighted by molar-refractivity contribution is 1.01. The molecule has 5 aromatic rings. The van der Waals surface area contributed by atoms with Gasteiger partial charge in [-0.15, -0.1) is 0 Å². The van der Waals surface area contributed by atoms with Crippen LogP contribution in [0.25, 0.3) is 39.5 Å². The van der Waals surface area contributed by atoms with Gasteiger partial charge in [-0.2, -0.15) is 0 Å². The number of pyridine rings is 1. The molecule has 1 N–H and O–H groups in total. The number of fused-ring (bicyclic) bond motifs is 1. The summed E-state index contributed by atoms with van der Waals surface area (Å²) in [6, 6.07) is 20.2. The number of hydrogen-bond donors (Lipinski definition) is 1. The molecule has 0 aliphatic carbocycles. The van der Waals surface area contributed by atoms with Gasteiger partial charge in [-0.05, 0) is 35.9 Å². The van der Waals surface area contributed by atoms with E-state index >= 15 is 0 Å². The van der Waals surface area contributed by atoms with E-state index in [4.69, 9.17) is 9.97 Å². The number of nitrogens with zero attached hydrogens (tertiary/aromatic N) is 4. The molecule has 0 amide bonds. The Bertz CT molecular complexity index is 1160. The first kappa shape index (κ1) is 14.6. The lowest BCUT2D eigenvalue weighted by Gasteiger charge is -2.07. The molecule has 0 unspecified atom stereocenters. The van der Waals surface area contributed by atoms with Crippen molar-refractivity contribution < 1.29 is 0 Å². The molecule has 4 heterocycles. The van der Waals surface area contributed by atoms with Crippen LogP contribution in [0.3, 0.4) is 0 Å². The number of aromatic amines is 1. The van der Waals surface area contributed by atoms with Crippen molar-refractivity contribution in [3.8, 4) is 28.5 Å². The summed E-state index contributed by atoms with van der Waals surface area (Å²) >= 11 is 0. The Balaban J connectivity index is 1.77. The van der Waals surface area contributed by atoms with E-state index < -0.39 is 0 Å². The van der Waals surface area contributed by atoms with Gasteiger partial charge in [0.25, 0.3) is 0 Å². The van der Waals surface area contributed by atoms with Crippen LogP contribution in [0.1, 0.15) is 0 Å². The summed E-state index contributed by atoms with van der Waals surface area (Å²) in [7, 11) is 0. The first-order valence-corrected chi connectivity index (χ1v) is 8.38. The van der Waals surface area contributed by atoms with E-state index in [1.807, 2.05) is 59.4 Å². The topological polar surface area (TPSA) is 59.4 Å². The number of rotatable bonds is 3. The van der Waals surface area contributed by atoms with Crippen LogP contribution in [0.5, 0.6) is 0 Å². The molecule has 0 atom stereocenters. The average molecular weight is 337 g/mol. The largest absolute Gasteiger partial charge is 0.339 e.